The van der Waals surface area contributed by atoms with Crippen molar-refractivity contribution in [3.05, 3.63) is 71.8 Å². The summed E-state index contributed by atoms with van der Waals surface area (Å²) in [4.78, 5) is 36.9. The van der Waals surface area contributed by atoms with Crippen molar-refractivity contribution in [2.75, 3.05) is 6.54 Å². The number of amides is 2. The second-order valence-corrected chi connectivity index (χ2v) is 7.37. The maximum atomic E-state index is 12.5. The molecule has 0 aliphatic rings. The first-order valence-electron chi connectivity index (χ1n) is 9.28. The van der Waals surface area contributed by atoms with E-state index in [1.807, 2.05) is 30.3 Å². The largest absolute Gasteiger partial charge is 0.458 e. The SMILES string of the molecule is Br.CC(C)(C)OC(=O)[C@H](CNC(=O)c1ccccc1)NC(=O)OCc1ccccc1. The summed E-state index contributed by atoms with van der Waals surface area (Å²) in [5, 5.41) is 5.10. The van der Waals surface area contributed by atoms with Gasteiger partial charge in [0.05, 0.1) is 0 Å². The molecular weight excluding hydrogens is 452 g/mol. The average molecular weight is 479 g/mol. The first kappa shape index (κ1) is 25.2. The smallest absolute Gasteiger partial charge is 0.408 e. The number of halogens is 1. The molecule has 0 fully saturated rings. The predicted octanol–water partition coefficient (Wildman–Crippen LogP) is 3.63. The molecule has 1 atom stereocenters. The van der Waals surface area contributed by atoms with Crippen LogP contribution < -0.4 is 10.6 Å². The van der Waals surface area contributed by atoms with Gasteiger partial charge in [-0.05, 0) is 38.5 Å². The fourth-order valence-electron chi connectivity index (χ4n) is 2.36. The molecule has 2 N–H and O–H groups in total. The molecule has 0 radical (unpaired) electrons. The van der Waals surface area contributed by atoms with Crippen LogP contribution in [0.1, 0.15) is 36.7 Å². The van der Waals surface area contributed by atoms with E-state index < -0.39 is 23.7 Å². The van der Waals surface area contributed by atoms with Gasteiger partial charge in [0.15, 0.2) is 0 Å². The lowest BCUT2D eigenvalue weighted by atomic mass is 10.2. The Labute approximate surface area is 186 Å². The molecule has 0 heterocycles. The third-order valence-electron chi connectivity index (χ3n) is 3.70. The molecule has 30 heavy (non-hydrogen) atoms. The van der Waals surface area contributed by atoms with Crippen LogP contribution in [0.15, 0.2) is 60.7 Å². The Morgan fingerprint density at radius 2 is 1.50 bits per heavy atom. The molecule has 0 bridgehead atoms. The Morgan fingerprint density at radius 1 is 0.933 bits per heavy atom. The monoisotopic (exact) mass is 478 g/mol. The molecule has 0 saturated heterocycles. The number of carbonyl (C=O) groups is 3. The number of carbonyl (C=O) groups excluding carboxylic acids is 3. The van der Waals surface area contributed by atoms with Crippen LogP contribution >= 0.6 is 17.0 Å². The number of esters is 1. The molecule has 2 amide bonds. The normalized spacial score (nSPS) is 11.4. The van der Waals surface area contributed by atoms with Crippen LogP contribution in [0.5, 0.6) is 0 Å². The highest BCUT2D eigenvalue weighted by Crippen LogP contribution is 2.09. The van der Waals surface area contributed by atoms with Crippen LogP contribution in [-0.2, 0) is 20.9 Å². The van der Waals surface area contributed by atoms with Crippen molar-refractivity contribution in [2.24, 2.45) is 0 Å². The third-order valence-corrected chi connectivity index (χ3v) is 3.70. The van der Waals surface area contributed by atoms with E-state index in [1.54, 1.807) is 51.1 Å². The van der Waals surface area contributed by atoms with E-state index in [1.165, 1.54) is 0 Å². The maximum Gasteiger partial charge on any atom is 0.408 e. The summed E-state index contributed by atoms with van der Waals surface area (Å²) in [5.41, 5.74) is 0.518. The fraction of sp³-hybridized carbons (Fsp3) is 0.318. The maximum absolute atomic E-state index is 12.5. The summed E-state index contributed by atoms with van der Waals surface area (Å²) in [7, 11) is 0. The Bertz CT molecular complexity index is 822. The summed E-state index contributed by atoms with van der Waals surface area (Å²) in [6.07, 6.45) is -0.779. The van der Waals surface area contributed by atoms with Crippen molar-refractivity contribution in [1.82, 2.24) is 10.6 Å². The number of alkyl carbamates (subject to hydrolysis) is 1. The number of benzene rings is 2. The van der Waals surface area contributed by atoms with E-state index in [9.17, 15) is 14.4 Å². The lowest BCUT2D eigenvalue weighted by molar-refractivity contribution is -0.157. The minimum absolute atomic E-state index is 0. The van der Waals surface area contributed by atoms with Gasteiger partial charge in [-0.2, -0.15) is 0 Å². The van der Waals surface area contributed by atoms with Crippen LogP contribution in [0.3, 0.4) is 0 Å². The molecule has 2 aromatic rings. The quantitative estimate of drug-likeness (QED) is 0.592. The molecule has 7 nitrogen and oxygen atoms in total. The summed E-state index contributed by atoms with van der Waals surface area (Å²) in [5.74, 6) is -1.03. The topological polar surface area (TPSA) is 93.7 Å². The Balaban J connectivity index is 0.00000450. The molecule has 0 aliphatic heterocycles. The molecule has 0 unspecified atom stereocenters. The van der Waals surface area contributed by atoms with Gasteiger partial charge in [-0.3, -0.25) is 4.79 Å². The molecule has 2 rings (SSSR count). The second-order valence-electron chi connectivity index (χ2n) is 7.37. The Hall–Kier alpha value is -2.87. The predicted molar refractivity (Wildman–Crippen MR) is 118 cm³/mol. The minimum atomic E-state index is -1.09. The van der Waals surface area contributed by atoms with Crippen LogP contribution in [0.2, 0.25) is 0 Å². The zero-order valence-corrected chi connectivity index (χ0v) is 18.9. The highest BCUT2D eigenvalue weighted by atomic mass is 79.9. The second kappa shape index (κ2) is 12.0. The van der Waals surface area contributed by atoms with Crippen LogP contribution in [-0.4, -0.2) is 36.2 Å². The van der Waals surface area contributed by atoms with Crippen LogP contribution in [0.4, 0.5) is 4.79 Å². The molecular formula is C22H27BrN2O5. The van der Waals surface area contributed by atoms with E-state index in [4.69, 9.17) is 9.47 Å². The highest BCUT2D eigenvalue weighted by molar-refractivity contribution is 8.93. The number of hydrogen-bond donors (Lipinski definition) is 2. The third kappa shape index (κ3) is 9.09. The van der Waals surface area contributed by atoms with Gasteiger partial charge in [-0.25, -0.2) is 9.59 Å². The lowest BCUT2D eigenvalue weighted by Crippen LogP contribution is -2.50. The van der Waals surface area contributed by atoms with Crippen LogP contribution in [0, 0.1) is 0 Å². The van der Waals surface area contributed by atoms with E-state index in [-0.39, 0.29) is 36.0 Å². The number of ether oxygens (including phenoxy) is 2. The van der Waals surface area contributed by atoms with Crippen molar-refractivity contribution < 1.29 is 23.9 Å². The van der Waals surface area contributed by atoms with Crippen molar-refractivity contribution in [3.63, 3.8) is 0 Å². The number of hydrogen-bond acceptors (Lipinski definition) is 5. The van der Waals surface area contributed by atoms with E-state index in [0.29, 0.717) is 5.56 Å². The standard InChI is InChI=1S/C22H26N2O5.BrH/c1-22(2,3)29-20(26)18(14-23-19(25)17-12-8-5-9-13-17)24-21(27)28-15-16-10-6-4-7-11-16;/h4-13,18H,14-15H2,1-3H3,(H,23,25)(H,24,27);1H/t18-;/m0./s1. The fourth-order valence-corrected chi connectivity index (χ4v) is 2.36. The van der Waals surface area contributed by atoms with E-state index in [0.717, 1.165) is 5.56 Å². The van der Waals surface area contributed by atoms with Gasteiger partial charge in [0, 0.05) is 12.1 Å². The Morgan fingerprint density at radius 3 is 2.07 bits per heavy atom. The van der Waals surface area contributed by atoms with Gasteiger partial charge in [0.25, 0.3) is 5.91 Å². The summed E-state index contributed by atoms with van der Waals surface area (Å²) in [6.45, 7) is 5.09. The van der Waals surface area contributed by atoms with Gasteiger partial charge in [0.1, 0.15) is 18.2 Å². The van der Waals surface area contributed by atoms with Crippen molar-refractivity contribution in [1.29, 1.82) is 0 Å². The zero-order chi connectivity index (χ0) is 21.3. The first-order chi connectivity index (χ1) is 13.7. The minimum Gasteiger partial charge on any atom is -0.458 e. The molecule has 0 saturated carbocycles. The molecule has 8 heteroatoms. The summed E-state index contributed by atoms with van der Waals surface area (Å²) < 4.78 is 10.5. The summed E-state index contributed by atoms with van der Waals surface area (Å²) in [6, 6.07) is 16.6. The van der Waals surface area contributed by atoms with Crippen molar-refractivity contribution in [2.45, 2.75) is 39.0 Å². The van der Waals surface area contributed by atoms with Gasteiger partial charge in [0.2, 0.25) is 0 Å². The highest BCUT2D eigenvalue weighted by Gasteiger charge is 2.27. The summed E-state index contributed by atoms with van der Waals surface area (Å²) >= 11 is 0. The molecule has 2 aromatic carbocycles. The van der Waals surface area contributed by atoms with Gasteiger partial charge in [-0.15, -0.1) is 17.0 Å². The average Bonchev–Trinajstić information content (AvgIpc) is 2.69. The zero-order valence-electron chi connectivity index (χ0n) is 17.2. The van der Waals surface area contributed by atoms with Gasteiger partial charge < -0.3 is 20.1 Å². The molecule has 0 spiro atoms. The number of rotatable bonds is 7. The Kier molecular flexibility index (Phi) is 10.0. The first-order valence-corrected chi connectivity index (χ1v) is 9.28. The lowest BCUT2D eigenvalue weighted by Gasteiger charge is -2.24. The molecule has 0 aromatic heterocycles. The van der Waals surface area contributed by atoms with Crippen molar-refractivity contribution in [3.8, 4) is 0 Å². The van der Waals surface area contributed by atoms with Crippen molar-refractivity contribution >= 4 is 35.0 Å². The number of nitrogens with one attached hydrogen (secondary N) is 2. The van der Waals surface area contributed by atoms with Gasteiger partial charge in [-0.1, -0.05) is 48.5 Å². The van der Waals surface area contributed by atoms with Crippen LogP contribution in [0.25, 0.3) is 0 Å². The van der Waals surface area contributed by atoms with Gasteiger partial charge >= 0.3 is 12.1 Å². The molecule has 162 valence electrons. The van der Waals surface area contributed by atoms with E-state index >= 15 is 0 Å². The molecule has 0 aliphatic carbocycles. The van der Waals surface area contributed by atoms with E-state index in [2.05, 4.69) is 10.6 Å².